The number of urea groups is 1. The summed E-state index contributed by atoms with van der Waals surface area (Å²) in [6.07, 6.45) is 1.32. The molecular formula is C17H21N3O3. The fourth-order valence-corrected chi connectivity index (χ4v) is 3.34. The van der Waals surface area contributed by atoms with E-state index in [-0.39, 0.29) is 17.8 Å². The summed E-state index contributed by atoms with van der Waals surface area (Å²) in [6, 6.07) is 7.56. The molecule has 0 radical (unpaired) electrons. The van der Waals surface area contributed by atoms with Crippen molar-refractivity contribution in [3.63, 3.8) is 0 Å². The first kappa shape index (κ1) is 15.5. The lowest BCUT2D eigenvalue weighted by atomic mass is 9.87. The van der Waals surface area contributed by atoms with Crippen LogP contribution in [0.3, 0.4) is 0 Å². The van der Waals surface area contributed by atoms with Gasteiger partial charge in [-0.1, -0.05) is 29.8 Å². The van der Waals surface area contributed by atoms with Gasteiger partial charge in [-0.2, -0.15) is 0 Å². The third kappa shape index (κ3) is 2.81. The van der Waals surface area contributed by atoms with Crippen molar-refractivity contribution in [1.82, 2.24) is 15.1 Å². The van der Waals surface area contributed by atoms with E-state index in [2.05, 4.69) is 5.32 Å². The third-order valence-electron chi connectivity index (χ3n) is 4.77. The maximum atomic E-state index is 12.4. The maximum Gasteiger partial charge on any atom is 0.324 e. The third-order valence-corrected chi connectivity index (χ3v) is 4.77. The van der Waals surface area contributed by atoms with Gasteiger partial charge in [0.1, 0.15) is 5.54 Å². The molecule has 3 rings (SSSR count). The molecule has 23 heavy (non-hydrogen) atoms. The second-order valence-corrected chi connectivity index (χ2v) is 6.42. The van der Waals surface area contributed by atoms with Gasteiger partial charge in [0.15, 0.2) is 0 Å². The molecule has 1 spiro atoms. The Hall–Kier alpha value is -2.37. The van der Waals surface area contributed by atoms with Crippen molar-refractivity contribution in [2.24, 2.45) is 0 Å². The molecule has 1 aromatic carbocycles. The molecule has 1 aromatic rings. The number of hydrogen-bond donors (Lipinski definition) is 1. The maximum absolute atomic E-state index is 12.4. The van der Waals surface area contributed by atoms with E-state index < -0.39 is 5.54 Å². The summed E-state index contributed by atoms with van der Waals surface area (Å²) in [6.45, 7) is 2.98. The van der Waals surface area contributed by atoms with Gasteiger partial charge in [0.05, 0.1) is 6.42 Å². The van der Waals surface area contributed by atoms with Gasteiger partial charge in [0.25, 0.3) is 5.91 Å². The molecule has 2 fully saturated rings. The number of amides is 4. The van der Waals surface area contributed by atoms with Crippen LogP contribution in [0.15, 0.2) is 24.3 Å². The highest BCUT2D eigenvalue weighted by atomic mass is 16.2. The molecule has 1 N–H and O–H groups in total. The van der Waals surface area contributed by atoms with E-state index in [0.29, 0.717) is 32.4 Å². The van der Waals surface area contributed by atoms with E-state index in [1.165, 1.54) is 7.05 Å². The lowest BCUT2D eigenvalue weighted by Gasteiger charge is -2.37. The highest BCUT2D eigenvalue weighted by Gasteiger charge is 2.51. The van der Waals surface area contributed by atoms with Gasteiger partial charge in [0.2, 0.25) is 5.91 Å². The number of carbonyl (C=O) groups excluding carboxylic acids is 3. The zero-order valence-electron chi connectivity index (χ0n) is 13.5. The van der Waals surface area contributed by atoms with Crippen LogP contribution in [-0.4, -0.2) is 53.3 Å². The number of hydrogen-bond acceptors (Lipinski definition) is 3. The molecule has 0 atom stereocenters. The number of imide groups is 1. The number of likely N-dealkylation sites (tertiary alicyclic amines) is 1. The predicted molar refractivity (Wildman–Crippen MR) is 84.7 cm³/mol. The summed E-state index contributed by atoms with van der Waals surface area (Å²) in [5, 5.41) is 2.78. The van der Waals surface area contributed by atoms with Crippen LogP contribution in [0.2, 0.25) is 0 Å². The Balaban J connectivity index is 1.62. The fraction of sp³-hybridized carbons (Fsp3) is 0.471. The van der Waals surface area contributed by atoms with E-state index >= 15 is 0 Å². The average Bonchev–Trinajstić information content (AvgIpc) is 2.72. The minimum atomic E-state index is -0.814. The van der Waals surface area contributed by atoms with E-state index in [0.717, 1.165) is 16.0 Å². The molecule has 4 amide bonds. The van der Waals surface area contributed by atoms with Crippen LogP contribution in [0.4, 0.5) is 4.79 Å². The van der Waals surface area contributed by atoms with Crippen LogP contribution in [0, 0.1) is 6.92 Å². The normalized spacial score (nSPS) is 20.1. The van der Waals surface area contributed by atoms with Gasteiger partial charge in [-0.3, -0.25) is 14.5 Å². The summed E-state index contributed by atoms with van der Waals surface area (Å²) in [7, 11) is 1.49. The molecule has 122 valence electrons. The Morgan fingerprint density at radius 1 is 1.26 bits per heavy atom. The Bertz CT molecular complexity index is 663. The van der Waals surface area contributed by atoms with Gasteiger partial charge in [0, 0.05) is 20.1 Å². The number of aryl methyl sites for hydroxylation is 1. The second kappa shape index (κ2) is 5.68. The number of benzene rings is 1. The Labute approximate surface area is 135 Å². The largest absolute Gasteiger partial charge is 0.342 e. The van der Waals surface area contributed by atoms with Crippen LogP contribution in [-0.2, 0) is 16.0 Å². The molecule has 2 aliphatic rings. The quantitative estimate of drug-likeness (QED) is 0.830. The first-order valence-electron chi connectivity index (χ1n) is 7.85. The van der Waals surface area contributed by atoms with Crippen LogP contribution < -0.4 is 5.32 Å². The van der Waals surface area contributed by atoms with E-state index in [1.807, 2.05) is 31.2 Å². The van der Waals surface area contributed by atoms with Crippen molar-refractivity contribution < 1.29 is 14.4 Å². The van der Waals surface area contributed by atoms with Crippen molar-refractivity contribution in [2.75, 3.05) is 20.1 Å². The van der Waals surface area contributed by atoms with E-state index in [1.54, 1.807) is 4.90 Å². The summed E-state index contributed by atoms with van der Waals surface area (Å²) >= 11 is 0. The Kier molecular flexibility index (Phi) is 3.83. The van der Waals surface area contributed by atoms with E-state index in [4.69, 9.17) is 0 Å². The molecule has 0 bridgehead atoms. The van der Waals surface area contributed by atoms with Gasteiger partial charge in [-0.25, -0.2) is 4.79 Å². The molecule has 0 aliphatic carbocycles. The number of nitrogens with one attached hydrogen (secondary N) is 1. The topological polar surface area (TPSA) is 69.7 Å². The highest BCUT2D eigenvalue weighted by molar-refractivity contribution is 6.06. The van der Waals surface area contributed by atoms with Gasteiger partial charge < -0.3 is 10.2 Å². The van der Waals surface area contributed by atoms with Crippen LogP contribution >= 0.6 is 0 Å². The van der Waals surface area contributed by atoms with Crippen LogP contribution in [0.25, 0.3) is 0 Å². The van der Waals surface area contributed by atoms with Gasteiger partial charge in [-0.15, -0.1) is 0 Å². The zero-order valence-corrected chi connectivity index (χ0v) is 13.5. The summed E-state index contributed by atoms with van der Waals surface area (Å²) in [5.41, 5.74) is 1.32. The first-order valence-corrected chi connectivity index (χ1v) is 7.85. The van der Waals surface area contributed by atoms with E-state index in [9.17, 15) is 14.4 Å². The van der Waals surface area contributed by atoms with Crippen molar-refractivity contribution in [2.45, 2.75) is 31.7 Å². The first-order chi connectivity index (χ1) is 10.9. The highest BCUT2D eigenvalue weighted by Crippen LogP contribution is 2.29. The molecule has 0 saturated carbocycles. The number of piperidine rings is 1. The molecule has 2 aliphatic heterocycles. The molecule has 2 heterocycles. The van der Waals surface area contributed by atoms with Crippen LogP contribution in [0.5, 0.6) is 0 Å². The van der Waals surface area contributed by atoms with Gasteiger partial charge >= 0.3 is 6.03 Å². The number of carbonyl (C=O) groups is 3. The molecule has 0 unspecified atom stereocenters. The molecule has 6 nitrogen and oxygen atoms in total. The van der Waals surface area contributed by atoms with Crippen molar-refractivity contribution in [3.05, 3.63) is 35.4 Å². The SMILES string of the molecule is Cc1cccc(CC(=O)N2CCC3(CC2)NC(=O)N(C)C3=O)c1. The smallest absolute Gasteiger partial charge is 0.324 e. The lowest BCUT2D eigenvalue weighted by Crippen LogP contribution is -2.56. The predicted octanol–water partition coefficient (Wildman–Crippen LogP) is 1.08. The number of nitrogens with zero attached hydrogens (tertiary/aromatic N) is 2. The van der Waals surface area contributed by atoms with Crippen LogP contribution in [0.1, 0.15) is 24.0 Å². The Morgan fingerprint density at radius 3 is 2.52 bits per heavy atom. The monoisotopic (exact) mass is 315 g/mol. The minimum absolute atomic E-state index is 0.0653. The standard InChI is InChI=1S/C17H21N3O3/c1-12-4-3-5-13(10-12)11-14(21)20-8-6-17(7-9-20)15(22)19(2)16(23)18-17/h3-5,10H,6-9,11H2,1-2H3,(H,18,23). The summed E-state index contributed by atoms with van der Waals surface area (Å²) < 4.78 is 0. The minimum Gasteiger partial charge on any atom is -0.342 e. The molecule has 6 heteroatoms. The summed E-state index contributed by atoms with van der Waals surface area (Å²) in [5.74, 6) is -0.121. The number of rotatable bonds is 2. The average molecular weight is 315 g/mol. The van der Waals surface area contributed by atoms with Crippen molar-refractivity contribution in [1.29, 1.82) is 0 Å². The molecule has 0 aromatic heterocycles. The summed E-state index contributed by atoms with van der Waals surface area (Å²) in [4.78, 5) is 39.2. The zero-order chi connectivity index (χ0) is 16.6. The fourth-order valence-electron chi connectivity index (χ4n) is 3.34. The van der Waals surface area contributed by atoms with Crippen molar-refractivity contribution in [3.8, 4) is 0 Å². The molecular weight excluding hydrogens is 294 g/mol. The van der Waals surface area contributed by atoms with Crippen molar-refractivity contribution >= 4 is 17.8 Å². The Morgan fingerprint density at radius 2 is 1.96 bits per heavy atom. The molecule has 2 saturated heterocycles. The number of likely N-dealkylation sites (N-methyl/N-ethyl adjacent to an activating group) is 1. The second-order valence-electron chi connectivity index (χ2n) is 6.42. The lowest BCUT2D eigenvalue weighted by molar-refractivity contribution is -0.137. The van der Waals surface area contributed by atoms with Gasteiger partial charge in [-0.05, 0) is 25.3 Å².